The van der Waals surface area contributed by atoms with Crippen LogP contribution in [0.1, 0.15) is 21.7 Å². The van der Waals surface area contributed by atoms with Gasteiger partial charge >= 0.3 is 12.1 Å². The second kappa shape index (κ2) is 4.97. The molecule has 0 spiro atoms. The number of alkyl halides is 3. The molecule has 0 atom stereocenters. The highest BCUT2D eigenvalue weighted by Crippen LogP contribution is 2.29. The highest BCUT2D eigenvalue weighted by Gasteiger charge is 2.35. The SMILES string of the molecule is O=C(O)c1cccc(-n2nc(C(F)(F)F)cc2CO)c1. The first kappa shape index (κ1) is 14.1. The van der Waals surface area contributed by atoms with Gasteiger partial charge in [0.05, 0.1) is 23.6 Å². The topological polar surface area (TPSA) is 75.3 Å². The lowest BCUT2D eigenvalue weighted by atomic mass is 10.2. The Bertz CT molecular complexity index is 650. The van der Waals surface area contributed by atoms with Gasteiger partial charge in [0.1, 0.15) is 0 Å². The van der Waals surface area contributed by atoms with Gasteiger partial charge in [0.2, 0.25) is 0 Å². The fourth-order valence-corrected chi connectivity index (χ4v) is 1.67. The van der Waals surface area contributed by atoms with Crippen LogP contribution in [0.15, 0.2) is 30.3 Å². The van der Waals surface area contributed by atoms with Crippen LogP contribution in [-0.4, -0.2) is 26.0 Å². The van der Waals surface area contributed by atoms with Crippen molar-refractivity contribution >= 4 is 5.97 Å². The molecule has 0 saturated heterocycles. The molecule has 0 amide bonds. The van der Waals surface area contributed by atoms with Crippen LogP contribution < -0.4 is 0 Å². The van der Waals surface area contributed by atoms with E-state index in [-0.39, 0.29) is 16.9 Å². The number of hydrogen-bond acceptors (Lipinski definition) is 3. The molecule has 0 radical (unpaired) electrons. The number of nitrogens with zero attached hydrogens (tertiary/aromatic N) is 2. The van der Waals surface area contributed by atoms with Gasteiger partial charge in [-0.2, -0.15) is 18.3 Å². The van der Waals surface area contributed by atoms with Crippen molar-refractivity contribution < 1.29 is 28.2 Å². The average Bonchev–Trinajstić information content (AvgIpc) is 2.82. The lowest BCUT2D eigenvalue weighted by Crippen LogP contribution is -2.08. The molecule has 8 heteroatoms. The normalized spacial score (nSPS) is 11.6. The molecule has 0 unspecified atom stereocenters. The number of halogens is 3. The van der Waals surface area contributed by atoms with E-state index in [4.69, 9.17) is 10.2 Å². The monoisotopic (exact) mass is 286 g/mol. The molecule has 2 aromatic rings. The van der Waals surface area contributed by atoms with Crippen molar-refractivity contribution in [2.75, 3.05) is 0 Å². The summed E-state index contributed by atoms with van der Waals surface area (Å²) in [4.78, 5) is 10.8. The number of hydrogen-bond donors (Lipinski definition) is 2. The first-order valence-electron chi connectivity index (χ1n) is 5.43. The largest absolute Gasteiger partial charge is 0.478 e. The summed E-state index contributed by atoms with van der Waals surface area (Å²) in [7, 11) is 0. The van der Waals surface area contributed by atoms with Crippen LogP contribution in [0.4, 0.5) is 13.2 Å². The summed E-state index contributed by atoms with van der Waals surface area (Å²) in [6.45, 7) is -0.652. The van der Waals surface area contributed by atoms with Gasteiger partial charge < -0.3 is 10.2 Å². The van der Waals surface area contributed by atoms with Crippen LogP contribution in [0.5, 0.6) is 0 Å². The number of aliphatic hydroxyl groups is 1. The second-order valence-electron chi connectivity index (χ2n) is 3.94. The first-order valence-corrected chi connectivity index (χ1v) is 5.43. The molecule has 20 heavy (non-hydrogen) atoms. The molecule has 0 aliphatic heterocycles. The van der Waals surface area contributed by atoms with Crippen LogP contribution in [0.25, 0.3) is 5.69 Å². The van der Waals surface area contributed by atoms with E-state index >= 15 is 0 Å². The van der Waals surface area contributed by atoms with Crippen molar-refractivity contribution in [2.24, 2.45) is 0 Å². The highest BCUT2D eigenvalue weighted by atomic mass is 19.4. The molecular weight excluding hydrogens is 277 g/mol. The Hall–Kier alpha value is -2.35. The van der Waals surface area contributed by atoms with E-state index in [1.54, 1.807) is 0 Å². The van der Waals surface area contributed by atoms with Gasteiger partial charge in [-0.1, -0.05) is 6.07 Å². The summed E-state index contributed by atoms with van der Waals surface area (Å²) < 4.78 is 38.6. The zero-order valence-electron chi connectivity index (χ0n) is 9.92. The Morgan fingerprint density at radius 3 is 2.55 bits per heavy atom. The van der Waals surface area contributed by atoms with Gasteiger partial charge in [-0.05, 0) is 24.3 Å². The third-order valence-electron chi connectivity index (χ3n) is 2.57. The summed E-state index contributed by atoms with van der Waals surface area (Å²) in [5.74, 6) is -1.21. The fourth-order valence-electron chi connectivity index (χ4n) is 1.67. The molecule has 1 heterocycles. The maximum Gasteiger partial charge on any atom is 0.435 e. The summed E-state index contributed by atoms with van der Waals surface area (Å²) in [6.07, 6.45) is -4.64. The zero-order chi connectivity index (χ0) is 14.9. The molecule has 0 aliphatic rings. The predicted octanol–water partition coefficient (Wildman–Crippen LogP) is 2.08. The third-order valence-corrected chi connectivity index (χ3v) is 2.57. The first-order chi connectivity index (χ1) is 9.32. The van der Waals surface area contributed by atoms with Crippen LogP contribution in [0.2, 0.25) is 0 Å². The second-order valence-corrected chi connectivity index (χ2v) is 3.94. The van der Waals surface area contributed by atoms with E-state index in [0.717, 1.165) is 4.68 Å². The van der Waals surface area contributed by atoms with Crippen LogP contribution in [0, 0.1) is 0 Å². The van der Waals surface area contributed by atoms with E-state index in [0.29, 0.717) is 6.07 Å². The van der Waals surface area contributed by atoms with Gasteiger partial charge in [-0.3, -0.25) is 0 Å². The van der Waals surface area contributed by atoms with Crippen LogP contribution >= 0.6 is 0 Å². The Kier molecular flexibility index (Phi) is 3.49. The van der Waals surface area contributed by atoms with Crippen LogP contribution in [-0.2, 0) is 12.8 Å². The van der Waals surface area contributed by atoms with Crippen molar-refractivity contribution in [1.29, 1.82) is 0 Å². The summed E-state index contributed by atoms with van der Waals surface area (Å²) in [6, 6.07) is 5.98. The molecular formula is C12H9F3N2O3. The number of aromatic carboxylic acids is 1. The number of carboxylic acid groups (broad SMARTS) is 1. The quantitative estimate of drug-likeness (QED) is 0.905. The maximum absolute atomic E-state index is 12.6. The van der Waals surface area contributed by atoms with E-state index < -0.39 is 24.4 Å². The number of carbonyl (C=O) groups is 1. The molecule has 1 aromatic heterocycles. The number of carboxylic acids is 1. The predicted molar refractivity (Wildman–Crippen MR) is 61.4 cm³/mol. The smallest absolute Gasteiger partial charge is 0.435 e. The minimum Gasteiger partial charge on any atom is -0.478 e. The minimum absolute atomic E-state index is 0.0835. The van der Waals surface area contributed by atoms with Gasteiger partial charge in [-0.15, -0.1) is 0 Å². The van der Waals surface area contributed by atoms with E-state index in [2.05, 4.69) is 5.10 Å². The molecule has 0 bridgehead atoms. The minimum atomic E-state index is -4.64. The summed E-state index contributed by atoms with van der Waals surface area (Å²) >= 11 is 0. The Labute approximate surface area is 110 Å². The lowest BCUT2D eigenvalue weighted by Gasteiger charge is -2.06. The molecule has 106 valence electrons. The fraction of sp³-hybridized carbons (Fsp3) is 0.167. The number of rotatable bonds is 3. The maximum atomic E-state index is 12.6. The van der Waals surface area contributed by atoms with Crippen molar-refractivity contribution in [3.8, 4) is 5.69 Å². The van der Waals surface area contributed by atoms with Gasteiger partial charge in [-0.25, -0.2) is 9.48 Å². The molecule has 5 nitrogen and oxygen atoms in total. The van der Waals surface area contributed by atoms with E-state index in [1.165, 1.54) is 24.3 Å². The Balaban J connectivity index is 2.54. The highest BCUT2D eigenvalue weighted by molar-refractivity contribution is 5.88. The molecule has 1 aromatic carbocycles. The lowest BCUT2D eigenvalue weighted by molar-refractivity contribution is -0.141. The number of aliphatic hydroxyl groups excluding tert-OH is 1. The van der Waals surface area contributed by atoms with Crippen LogP contribution in [0.3, 0.4) is 0 Å². The summed E-state index contributed by atoms with van der Waals surface area (Å²) in [5, 5.41) is 21.3. The average molecular weight is 286 g/mol. The number of aromatic nitrogens is 2. The third kappa shape index (κ3) is 2.64. The van der Waals surface area contributed by atoms with E-state index in [1.807, 2.05) is 0 Å². The number of benzene rings is 1. The van der Waals surface area contributed by atoms with Crippen molar-refractivity contribution in [1.82, 2.24) is 9.78 Å². The molecule has 0 fully saturated rings. The Morgan fingerprint density at radius 2 is 2.00 bits per heavy atom. The zero-order valence-corrected chi connectivity index (χ0v) is 9.92. The van der Waals surface area contributed by atoms with Gasteiger partial charge in [0.15, 0.2) is 5.69 Å². The Morgan fingerprint density at radius 1 is 1.30 bits per heavy atom. The van der Waals surface area contributed by atoms with Crippen molar-refractivity contribution in [3.05, 3.63) is 47.3 Å². The molecule has 0 aliphatic carbocycles. The van der Waals surface area contributed by atoms with Crippen molar-refractivity contribution in [2.45, 2.75) is 12.8 Å². The molecule has 2 N–H and O–H groups in total. The summed E-state index contributed by atoms with van der Waals surface area (Å²) in [5.41, 5.74) is -1.19. The standard InChI is InChI=1S/C12H9F3N2O3/c13-12(14,15)10-5-9(6-18)17(16-10)8-3-1-2-7(4-8)11(19)20/h1-5,18H,6H2,(H,19,20). The van der Waals surface area contributed by atoms with Gasteiger partial charge in [0, 0.05) is 0 Å². The molecule has 0 saturated carbocycles. The van der Waals surface area contributed by atoms with Gasteiger partial charge in [0.25, 0.3) is 0 Å². The van der Waals surface area contributed by atoms with E-state index in [9.17, 15) is 18.0 Å². The van der Waals surface area contributed by atoms with Crippen molar-refractivity contribution in [3.63, 3.8) is 0 Å². The molecule has 2 rings (SSSR count).